The summed E-state index contributed by atoms with van der Waals surface area (Å²) in [5, 5.41) is 0. The number of hydrogen-bond acceptors (Lipinski definition) is 1. The quantitative estimate of drug-likeness (QED) is 0.466. The average Bonchev–Trinajstić information content (AvgIpc) is 2.55. The van der Waals surface area contributed by atoms with Crippen LogP contribution in [-0.4, -0.2) is 13.3 Å². The number of rotatable bonds is 9. The van der Waals surface area contributed by atoms with Crippen molar-refractivity contribution >= 4 is 15.9 Å². The Morgan fingerprint density at radius 1 is 0.727 bits per heavy atom. The van der Waals surface area contributed by atoms with Gasteiger partial charge in [-0.15, -0.1) is 0 Å². The molecule has 0 fully saturated rings. The SMILES string of the molecule is FCCCCCCCOc1ccc(-c2ccc(Br)cc2)cc1. The van der Waals surface area contributed by atoms with E-state index in [0.717, 1.165) is 42.5 Å². The Bertz CT molecular complexity index is 536. The summed E-state index contributed by atoms with van der Waals surface area (Å²) in [4.78, 5) is 0. The number of unbranched alkanes of at least 4 members (excludes halogenated alkanes) is 4. The van der Waals surface area contributed by atoms with Crippen molar-refractivity contribution in [2.45, 2.75) is 32.1 Å². The molecule has 0 aromatic heterocycles. The van der Waals surface area contributed by atoms with E-state index in [-0.39, 0.29) is 6.67 Å². The van der Waals surface area contributed by atoms with Gasteiger partial charge in [0.05, 0.1) is 13.3 Å². The van der Waals surface area contributed by atoms with Gasteiger partial charge in [0.1, 0.15) is 5.75 Å². The van der Waals surface area contributed by atoms with Crippen LogP contribution in [-0.2, 0) is 0 Å². The molecule has 0 spiro atoms. The summed E-state index contributed by atoms with van der Waals surface area (Å²) >= 11 is 3.45. The van der Waals surface area contributed by atoms with Gasteiger partial charge < -0.3 is 4.74 Å². The van der Waals surface area contributed by atoms with Gasteiger partial charge in [0.15, 0.2) is 0 Å². The van der Waals surface area contributed by atoms with E-state index in [1.807, 2.05) is 24.3 Å². The Morgan fingerprint density at radius 2 is 1.27 bits per heavy atom. The second-order valence-electron chi connectivity index (χ2n) is 5.34. The predicted molar refractivity (Wildman–Crippen MR) is 94.1 cm³/mol. The number of hydrogen-bond donors (Lipinski definition) is 0. The zero-order valence-corrected chi connectivity index (χ0v) is 14.3. The third kappa shape index (κ3) is 5.80. The lowest BCUT2D eigenvalue weighted by molar-refractivity contribution is 0.304. The summed E-state index contributed by atoms with van der Waals surface area (Å²) in [6.45, 7) is 0.536. The lowest BCUT2D eigenvalue weighted by atomic mass is 10.1. The van der Waals surface area contributed by atoms with Crippen LogP contribution in [0.1, 0.15) is 32.1 Å². The Hall–Kier alpha value is -1.35. The molecule has 0 N–H and O–H groups in total. The predicted octanol–water partition coefficient (Wildman–Crippen LogP) is 6.41. The molecule has 0 saturated heterocycles. The van der Waals surface area contributed by atoms with Gasteiger partial charge >= 0.3 is 0 Å². The highest BCUT2D eigenvalue weighted by Gasteiger charge is 1.99. The van der Waals surface area contributed by atoms with Crippen LogP contribution >= 0.6 is 15.9 Å². The minimum Gasteiger partial charge on any atom is -0.494 e. The summed E-state index contributed by atoms with van der Waals surface area (Å²) in [6.07, 6.45) is 4.91. The van der Waals surface area contributed by atoms with Crippen molar-refractivity contribution in [2.24, 2.45) is 0 Å². The second-order valence-corrected chi connectivity index (χ2v) is 6.25. The first-order valence-corrected chi connectivity index (χ1v) is 8.63. The van der Waals surface area contributed by atoms with E-state index in [4.69, 9.17) is 4.74 Å². The highest BCUT2D eigenvalue weighted by Crippen LogP contribution is 2.24. The van der Waals surface area contributed by atoms with E-state index in [9.17, 15) is 4.39 Å². The molecule has 0 radical (unpaired) electrons. The molecule has 3 heteroatoms. The van der Waals surface area contributed by atoms with Crippen LogP contribution in [0.4, 0.5) is 4.39 Å². The molecule has 2 aromatic rings. The number of benzene rings is 2. The van der Waals surface area contributed by atoms with E-state index in [1.54, 1.807) is 0 Å². The van der Waals surface area contributed by atoms with Gasteiger partial charge in [0.2, 0.25) is 0 Å². The minimum atomic E-state index is -0.193. The van der Waals surface area contributed by atoms with Crippen molar-refractivity contribution < 1.29 is 9.13 Å². The molecule has 0 bridgehead atoms. The fourth-order valence-electron chi connectivity index (χ4n) is 2.30. The molecule has 118 valence electrons. The van der Waals surface area contributed by atoms with Crippen LogP contribution in [0.25, 0.3) is 11.1 Å². The summed E-state index contributed by atoms with van der Waals surface area (Å²) in [6, 6.07) is 16.5. The van der Waals surface area contributed by atoms with Gasteiger partial charge in [-0.25, -0.2) is 0 Å². The van der Waals surface area contributed by atoms with Gasteiger partial charge in [0, 0.05) is 4.47 Å². The van der Waals surface area contributed by atoms with E-state index < -0.39 is 0 Å². The van der Waals surface area contributed by atoms with Crippen LogP contribution in [0.5, 0.6) is 5.75 Å². The van der Waals surface area contributed by atoms with Crippen molar-refractivity contribution in [3.05, 3.63) is 53.0 Å². The first-order chi connectivity index (χ1) is 10.8. The van der Waals surface area contributed by atoms with Crippen LogP contribution in [0.2, 0.25) is 0 Å². The molecule has 0 atom stereocenters. The Kier molecular flexibility index (Phi) is 7.44. The molecule has 2 rings (SSSR count). The summed E-state index contributed by atoms with van der Waals surface area (Å²) in [5.41, 5.74) is 2.38. The third-order valence-electron chi connectivity index (χ3n) is 3.58. The molecule has 22 heavy (non-hydrogen) atoms. The van der Waals surface area contributed by atoms with Crippen molar-refractivity contribution in [2.75, 3.05) is 13.3 Å². The third-order valence-corrected chi connectivity index (χ3v) is 4.11. The minimum absolute atomic E-state index is 0.193. The lowest BCUT2D eigenvalue weighted by Gasteiger charge is -2.07. The van der Waals surface area contributed by atoms with Gasteiger partial charge in [-0.2, -0.15) is 0 Å². The smallest absolute Gasteiger partial charge is 0.119 e. The van der Waals surface area contributed by atoms with E-state index in [2.05, 4.69) is 40.2 Å². The number of alkyl halides is 1. The lowest BCUT2D eigenvalue weighted by Crippen LogP contribution is -1.97. The van der Waals surface area contributed by atoms with E-state index in [0.29, 0.717) is 6.42 Å². The van der Waals surface area contributed by atoms with Crippen molar-refractivity contribution in [1.29, 1.82) is 0 Å². The Balaban J connectivity index is 1.74. The van der Waals surface area contributed by atoms with Crippen LogP contribution < -0.4 is 4.74 Å². The number of halogens is 2. The highest BCUT2D eigenvalue weighted by atomic mass is 79.9. The maximum Gasteiger partial charge on any atom is 0.119 e. The van der Waals surface area contributed by atoms with Crippen molar-refractivity contribution in [1.82, 2.24) is 0 Å². The van der Waals surface area contributed by atoms with Crippen molar-refractivity contribution in [3.8, 4) is 16.9 Å². The zero-order chi connectivity index (χ0) is 15.6. The maximum atomic E-state index is 11.9. The van der Waals surface area contributed by atoms with Gasteiger partial charge in [0.25, 0.3) is 0 Å². The molecule has 0 amide bonds. The molecule has 0 aliphatic heterocycles. The molecule has 0 heterocycles. The van der Waals surface area contributed by atoms with Gasteiger partial charge in [-0.1, -0.05) is 59.5 Å². The van der Waals surface area contributed by atoms with E-state index in [1.165, 1.54) is 11.1 Å². The molecule has 0 saturated carbocycles. The van der Waals surface area contributed by atoms with Crippen LogP contribution in [0.3, 0.4) is 0 Å². The highest BCUT2D eigenvalue weighted by molar-refractivity contribution is 9.10. The molecular weight excluding hydrogens is 343 g/mol. The first kappa shape index (κ1) is 17.0. The molecule has 2 aromatic carbocycles. The van der Waals surface area contributed by atoms with Gasteiger partial charge in [-0.3, -0.25) is 4.39 Å². The van der Waals surface area contributed by atoms with Crippen molar-refractivity contribution in [3.63, 3.8) is 0 Å². The van der Waals surface area contributed by atoms with Crippen LogP contribution in [0.15, 0.2) is 53.0 Å². The Morgan fingerprint density at radius 3 is 1.91 bits per heavy atom. The molecule has 0 aliphatic carbocycles. The molecular formula is C19H22BrFO. The second kappa shape index (κ2) is 9.62. The van der Waals surface area contributed by atoms with Gasteiger partial charge in [-0.05, 0) is 48.2 Å². The fraction of sp³-hybridized carbons (Fsp3) is 0.368. The normalized spacial score (nSPS) is 10.6. The topological polar surface area (TPSA) is 9.23 Å². The standard InChI is InChI=1S/C19H22BrFO/c20-18-10-6-16(7-11-18)17-8-12-19(13-9-17)22-15-5-3-1-2-4-14-21/h6-13H,1-5,14-15H2. The summed E-state index contributed by atoms with van der Waals surface area (Å²) in [5.74, 6) is 0.907. The first-order valence-electron chi connectivity index (χ1n) is 7.84. The Labute approximate surface area is 140 Å². The number of ether oxygens (including phenoxy) is 1. The summed E-state index contributed by atoms with van der Waals surface area (Å²) < 4.78 is 18.8. The maximum absolute atomic E-state index is 11.9. The van der Waals surface area contributed by atoms with E-state index >= 15 is 0 Å². The average molecular weight is 365 g/mol. The summed E-state index contributed by atoms with van der Waals surface area (Å²) in [7, 11) is 0. The fourth-order valence-corrected chi connectivity index (χ4v) is 2.57. The monoisotopic (exact) mass is 364 g/mol. The van der Waals surface area contributed by atoms with Crippen LogP contribution in [0, 0.1) is 0 Å². The zero-order valence-electron chi connectivity index (χ0n) is 12.7. The molecule has 0 aliphatic rings. The largest absolute Gasteiger partial charge is 0.494 e. The molecule has 0 unspecified atom stereocenters. The molecule has 1 nitrogen and oxygen atoms in total.